The van der Waals surface area contributed by atoms with Gasteiger partial charge in [-0.3, -0.25) is 14.4 Å². The first-order valence-corrected chi connectivity index (χ1v) is 12.5. The molecule has 9 nitrogen and oxygen atoms in total. The molecule has 2 unspecified atom stereocenters. The summed E-state index contributed by atoms with van der Waals surface area (Å²) in [5.41, 5.74) is 18.8. The lowest BCUT2D eigenvalue weighted by molar-refractivity contribution is -0.135. The van der Waals surface area contributed by atoms with Crippen LogP contribution in [0.5, 0.6) is 0 Å². The second kappa shape index (κ2) is 15.3. The third-order valence-corrected chi connectivity index (χ3v) is 6.14. The number of hydrogen-bond donors (Lipinski definition) is 5. The van der Waals surface area contributed by atoms with E-state index in [9.17, 15) is 18.8 Å². The zero-order valence-corrected chi connectivity index (χ0v) is 21.7. The second-order valence-corrected chi connectivity index (χ2v) is 9.17. The molecule has 0 aliphatic rings. The van der Waals surface area contributed by atoms with Crippen LogP contribution in [0.3, 0.4) is 0 Å². The molecule has 11 heteroatoms. The topological polar surface area (TPSA) is 157 Å². The monoisotopic (exact) mass is 564 g/mol. The minimum absolute atomic E-state index is 0.146. The van der Waals surface area contributed by atoms with Crippen molar-refractivity contribution in [2.75, 3.05) is 26.2 Å². The number of hydrogen-bond acceptors (Lipinski definition) is 6. The quantitative estimate of drug-likeness (QED) is 0.228. The van der Waals surface area contributed by atoms with Crippen LogP contribution in [0.25, 0.3) is 0 Å². The molecule has 0 heterocycles. The lowest BCUT2D eigenvalue weighted by atomic mass is 10.0. The summed E-state index contributed by atoms with van der Waals surface area (Å²) in [4.78, 5) is 39.8. The van der Waals surface area contributed by atoms with E-state index in [1.165, 1.54) is 11.0 Å². The molecule has 0 saturated carbocycles. The summed E-state index contributed by atoms with van der Waals surface area (Å²) < 4.78 is 13.8. The molecule has 2 rings (SSSR count). The van der Waals surface area contributed by atoms with Crippen molar-refractivity contribution >= 4 is 33.7 Å². The molecule has 8 N–H and O–H groups in total. The molecule has 0 spiro atoms. The maximum absolute atomic E-state index is 13.5. The molecular weight excluding hydrogens is 531 g/mol. The van der Waals surface area contributed by atoms with E-state index in [-0.39, 0.29) is 36.4 Å². The highest BCUT2D eigenvalue weighted by Crippen LogP contribution is 2.17. The van der Waals surface area contributed by atoms with Crippen LogP contribution in [0.2, 0.25) is 0 Å². The number of nitrogens with two attached hydrogens (primary N) is 3. The molecule has 36 heavy (non-hydrogen) atoms. The fraction of sp³-hybridized carbons (Fsp3) is 0.400. The van der Waals surface area contributed by atoms with Crippen molar-refractivity contribution in [3.63, 3.8) is 0 Å². The summed E-state index contributed by atoms with van der Waals surface area (Å²) in [5, 5.41) is 5.46. The molecule has 0 saturated heterocycles. The van der Waals surface area contributed by atoms with Gasteiger partial charge in [-0.05, 0) is 52.0 Å². The van der Waals surface area contributed by atoms with E-state index >= 15 is 0 Å². The maximum Gasteiger partial charge on any atom is 0.242 e. The Bertz CT molecular complexity index is 1000. The Morgan fingerprint density at radius 3 is 2.25 bits per heavy atom. The molecule has 2 aromatic rings. The van der Waals surface area contributed by atoms with Gasteiger partial charge < -0.3 is 32.7 Å². The van der Waals surface area contributed by atoms with Gasteiger partial charge in [0.1, 0.15) is 11.9 Å². The van der Waals surface area contributed by atoms with Crippen molar-refractivity contribution in [1.29, 1.82) is 0 Å². The van der Waals surface area contributed by atoms with Crippen LogP contribution in [0.1, 0.15) is 24.0 Å². The maximum atomic E-state index is 13.5. The van der Waals surface area contributed by atoms with Crippen LogP contribution in [-0.4, -0.2) is 60.9 Å². The number of nitrogens with one attached hydrogen (secondary N) is 2. The third-order valence-electron chi connectivity index (χ3n) is 5.53. The van der Waals surface area contributed by atoms with Crippen molar-refractivity contribution in [2.24, 2.45) is 17.2 Å². The predicted molar refractivity (Wildman–Crippen MR) is 140 cm³/mol. The van der Waals surface area contributed by atoms with E-state index in [4.69, 9.17) is 17.2 Å². The van der Waals surface area contributed by atoms with Crippen LogP contribution >= 0.6 is 15.9 Å². The summed E-state index contributed by atoms with van der Waals surface area (Å²) in [7, 11) is 0. The number of aryl methyl sites for hydroxylation is 1. The average Bonchev–Trinajstić information content (AvgIpc) is 2.87. The SMILES string of the molecule is NCCN(CCN)C(=O)CC(N)C(=O)NC(CCc1ccccc1)C(=O)NCc1ccc(F)c(Br)c1. The van der Waals surface area contributed by atoms with Crippen LogP contribution in [0, 0.1) is 5.82 Å². The number of amides is 3. The number of halogens is 2. The zero-order valence-electron chi connectivity index (χ0n) is 20.1. The van der Waals surface area contributed by atoms with Gasteiger partial charge in [0.25, 0.3) is 0 Å². The molecule has 196 valence electrons. The number of nitrogens with zero attached hydrogens (tertiary/aromatic N) is 1. The van der Waals surface area contributed by atoms with Crippen molar-refractivity contribution in [2.45, 2.75) is 37.9 Å². The van der Waals surface area contributed by atoms with Crippen LogP contribution < -0.4 is 27.8 Å². The van der Waals surface area contributed by atoms with E-state index in [0.29, 0.717) is 31.5 Å². The molecule has 3 amide bonds. The van der Waals surface area contributed by atoms with Crippen LogP contribution in [-0.2, 0) is 27.3 Å². The number of benzene rings is 2. The van der Waals surface area contributed by atoms with Crippen LogP contribution in [0.4, 0.5) is 4.39 Å². The second-order valence-electron chi connectivity index (χ2n) is 8.32. The molecule has 2 aromatic carbocycles. The Kier molecular flexibility index (Phi) is 12.5. The van der Waals surface area contributed by atoms with Gasteiger partial charge in [0.2, 0.25) is 17.7 Å². The van der Waals surface area contributed by atoms with Gasteiger partial charge in [-0.15, -0.1) is 0 Å². The highest BCUT2D eigenvalue weighted by molar-refractivity contribution is 9.10. The normalized spacial score (nSPS) is 12.5. The lowest BCUT2D eigenvalue weighted by Crippen LogP contribution is -2.53. The van der Waals surface area contributed by atoms with Crippen molar-refractivity contribution < 1.29 is 18.8 Å². The van der Waals surface area contributed by atoms with Gasteiger partial charge in [0.15, 0.2) is 0 Å². The van der Waals surface area contributed by atoms with Gasteiger partial charge in [0.05, 0.1) is 16.9 Å². The molecule has 0 fully saturated rings. The number of carbonyl (C=O) groups excluding carboxylic acids is 3. The molecule has 0 radical (unpaired) electrons. The molecular formula is C25H34BrFN6O3. The summed E-state index contributed by atoms with van der Waals surface area (Å²) in [6.07, 6.45) is 0.626. The fourth-order valence-electron chi connectivity index (χ4n) is 3.55. The largest absolute Gasteiger partial charge is 0.350 e. The summed E-state index contributed by atoms with van der Waals surface area (Å²) in [5.74, 6) is -1.76. The van der Waals surface area contributed by atoms with E-state index in [1.54, 1.807) is 12.1 Å². The highest BCUT2D eigenvalue weighted by Gasteiger charge is 2.26. The Morgan fingerprint density at radius 1 is 0.972 bits per heavy atom. The first kappa shape index (κ1) is 29.4. The molecule has 0 aliphatic heterocycles. The predicted octanol–water partition coefficient (Wildman–Crippen LogP) is 0.785. The number of rotatable bonds is 14. The Morgan fingerprint density at radius 2 is 1.64 bits per heavy atom. The minimum Gasteiger partial charge on any atom is -0.350 e. The molecule has 0 bridgehead atoms. The van der Waals surface area contributed by atoms with E-state index in [2.05, 4.69) is 26.6 Å². The smallest absolute Gasteiger partial charge is 0.242 e. The van der Waals surface area contributed by atoms with Crippen molar-refractivity contribution in [3.8, 4) is 0 Å². The minimum atomic E-state index is -1.14. The zero-order chi connectivity index (χ0) is 26.5. The van der Waals surface area contributed by atoms with E-state index < -0.39 is 29.7 Å². The van der Waals surface area contributed by atoms with Gasteiger partial charge >= 0.3 is 0 Å². The van der Waals surface area contributed by atoms with Gasteiger partial charge in [0, 0.05) is 32.7 Å². The van der Waals surface area contributed by atoms with E-state index in [0.717, 1.165) is 5.56 Å². The third kappa shape index (κ3) is 9.65. The highest BCUT2D eigenvalue weighted by atomic mass is 79.9. The summed E-state index contributed by atoms with van der Waals surface area (Å²) in [6, 6.07) is 12.0. The first-order valence-electron chi connectivity index (χ1n) is 11.7. The van der Waals surface area contributed by atoms with Crippen LogP contribution in [0.15, 0.2) is 53.0 Å². The Labute approximate surface area is 219 Å². The average molecular weight is 565 g/mol. The van der Waals surface area contributed by atoms with Gasteiger partial charge in [-0.25, -0.2) is 4.39 Å². The fourth-order valence-corrected chi connectivity index (χ4v) is 3.97. The number of carbonyl (C=O) groups is 3. The standard InChI is InChI=1S/C25H34BrFN6O3/c26-19-14-18(6-8-20(19)27)16-31-25(36)22(9-7-17-4-2-1-3-5-17)32-24(35)21(30)15-23(34)33(12-10-28)13-11-29/h1-6,8,14,21-22H,7,9-13,15-16,28-30H2,(H,31,36)(H,32,35). The first-order chi connectivity index (χ1) is 17.2. The van der Waals surface area contributed by atoms with Crippen molar-refractivity contribution in [3.05, 3.63) is 69.9 Å². The Balaban J connectivity index is 2.04. The van der Waals surface area contributed by atoms with Gasteiger partial charge in [-0.1, -0.05) is 36.4 Å². The molecule has 0 aromatic heterocycles. The van der Waals surface area contributed by atoms with Crippen molar-refractivity contribution in [1.82, 2.24) is 15.5 Å². The lowest BCUT2D eigenvalue weighted by Gasteiger charge is -2.24. The summed E-state index contributed by atoms with van der Waals surface area (Å²) in [6.45, 7) is 1.30. The molecule has 2 atom stereocenters. The molecule has 0 aliphatic carbocycles. The van der Waals surface area contributed by atoms with Gasteiger partial charge in [-0.2, -0.15) is 0 Å². The Hall–Kier alpha value is -2.86. The van der Waals surface area contributed by atoms with E-state index in [1.807, 2.05) is 30.3 Å². The summed E-state index contributed by atoms with van der Waals surface area (Å²) >= 11 is 3.13.